The van der Waals surface area contributed by atoms with Gasteiger partial charge in [-0.25, -0.2) is 0 Å². The van der Waals surface area contributed by atoms with Gasteiger partial charge in [-0.3, -0.25) is 0 Å². The second-order valence-electron chi connectivity index (χ2n) is 6.06. The van der Waals surface area contributed by atoms with E-state index in [9.17, 15) is 13.2 Å². The quantitative estimate of drug-likeness (QED) is 0.765. The van der Waals surface area contributed by atoms with Gasteiger partial charge < -0.3 is 10.3 Å². The van der Waals surface area contributed by atoms with E-state index in [-0.39, 0.29) is 5.56 Å². The maximum atomic E-state index is 13.1. The van der Waals surface area contributed by atoms with Crippen LogP contribution in [0.2, 0.25) is 0 Å². The minimum Gasteiger partial charge on any atom is -0.343 e. The van der Waals surface area contributed by atoms with Crippen LogP contribution >= 0.6 is 0 Å². The molecule has 25 heavy (non-hydrogen) atoms. The van der Waals surface area contributed by atoms with Gasteiger partial charge in [0.15, 0.2) is 0 Å². The number of aryl methyl sites for hydroxylation is 1. The van der Waals surface area contributed by atoms with Crippen molar-refractivity contribution in [2.24, 2.45) is 5.73 Å². The second-order valence-corrected chi connectivity index (χ2v) is 6.06. The molecule has 0 amide bonds. The maximum Gasteiger partial charge on any atom is 0.407 e. The number of fused-ring (bicyclic) bond motifs is 1. The number of rotatable bonds is 3. The summed E-state index contributed by atoms with van der Waals surface area (Å²) < 4.78 is 41.0. The standard InChI is InChI=1S/C19H16F3N3/c1-12-3-2-4-14(7-12)10-25-11-16(18(24)19(20,21)22)15-6-5-13(9-23)8-17(15)25/h2-8,11,18H,10,24H2,1H3. The molecule has 0 spiro atoms. The maximum absolute atomic E-state index is 13.1. The van der Waals surface area contributed by atoms with Crippen molar-refractivity contribution in [1.29, 1.82) is 5.26 Å². The van der Waals surface area contributed by atoms with Gasteiger partial charge in [0.2, 0.25) is 0 Å². The van der Waals surface area contributed by atoms with Crippen molar-refractivity contribution in [2.75, 3.05) is 0 Å². The number of nitrogens with two attached hydrogens (primary N) is 1. The van der Waals surface area contributed by atoms with Gasteiger partial charge in [0.1, 0.15) is 6.04 Å². The number of alkyl halides is 3. The third-order valence-electron chi connectivity index (χ3n) is 4.17. The van der Waals surface area contributed by atoms with Gasteiger partial charge >= 0.3 is 6.18 Å². The van der Waals surface area contributed by atoms with Gasteiger partial charge in [0.25, 0.3) is 0 Å². The van der Waals surface area contributed by atoms with Crippen molar-refractivity contribution in [3.05, 3.63) is 70.9 Å². The zero-order valence-electron chi connectivity index (χ0n) is 13.5. The summed E-state index contributed by atoms with van der Waals surface area (Å²) in [6.45, 7) is 2.35. The summed E-state index contributed by atoms with van der Waals surface area (Å²) in [5.74, 6) is 0. The Morgan fingerprint density at radius 1 is 1.20 bits per heavy atom. The van der Waals surface area contributed by atoms with Crippen LogP contribution in [0.5, 0.6) is 0 Å². The number of aromatic nitrogens is 1. The number of hydrogen-bond acceptors (Lipinski definition) is 2. The zero-order chi connectivity index (χ0) is 18.2. The Balaban J connectivity index is 2.15. The lowest BCUT2D eigenvalue weighted by Gasteiger charge is -2.14. The fourth-order valence-corrected chi connectivity index (χ4v) is 2.95. The fraction of sp³-hybridized carbons (Fsp3) is 0.211. The van der Waals surface area contributed by atoms with Crippen LogP contribution in [0.15, 0.2) is 48.7 Å². The SMILES string of the molecule is Cc1cccc(Cn2cc(C(N)C(F)(F)F)c3ccc(C#N)cc32)c1. The van der Waals surface area contributed by atoms with Crippen LogP contribution in [0.3, 0.4) is 0 Å². The highest BCUT2D eigenvalue weighted by Crippen LogP contribution is 2.36. The van der Waals surface area contributed by atoms with Gasteiger partial charge in [-0.05, 0) is 24.6 Å². The van der Waals surface area contributed by atoms with Gasteiger partial charge in [-0.1, -0.05) is 35.9 Å². The second kappa shape index (κ2) is 6.26. The number of benzene rings is 2. The summed E-state index contributed by atoms with van der Waals surface area (Å²) in [6, 6.07) is 12.3. The van der Waals surface area contributed by atoms with Gasteiger partial charge in [-0.2, -0.15) is 18.4 Å². The van der Waals surface area contributed by atoms with Crippen molar-refractivity contribution in [3.8, 4) is 6.07 Å². The monoisotopic (exact) mass is 343 g/mol. The minimum atomic E-state index is -4.53. The van der Waals surface area contributed by atoms with Gasteiger partial charge in [0.05, 0.1) is 11.6 Å². The summed E-state index contributed by atoms with van der Waals surface area (Å²) in [4.78, 5) is 0. The molecule has 0 fully saturated rings. The molecule has 0 bridgehead atoms. The summed E-state index contributed by atoms with van der Waals surface area (Å²) in [7, 11) is 0. The molecule has 6 heteroatoms. The van der Waals surface area contributed by atoms with Crippen LogP contribution in [-0.2, 0) is 6.54 Å². The highest BCUT2D eigenvalue weighted by atomic mass is 19.4. The molecule has 2 N–H and O–H groups in total. The van der Waals surface area contributed by atoms with E-state index in [0.29, 0.717) is 23.0 Å². The molecule has 0 aliphatic heterocycles. The summed E-state index contributed by atoms with van der Waals surface area (Å²) in [5, 5.41) is 9.51. The molecule has 0 saturated heterocycles. The fourth-order valence-electron chi connectivity index (χ4n) is 2.95. The molecule has 3 rings (SSSR count). The number of halogens is 3. The Kier molecular flexibility index (Phi) is 4.27. The van der Waals surface area contributed by atoms with Crippen LogP contribution < -0.4 is 5.73 Å². The van der Waals surface area contributed by atoms with Crippen LogP contribution in [0.25, 0.3) is 10.9 Å². The van der Waals surface area contributed by atoms with Crippen molar-refractivity contribution >= 4 is 10.9 Å². The Labute approximate surface area is 143 Å². The first-order valence-corrected chi connectivity index (χ1v) is 7.70. The molecule has 128 valence electrons. The average Bonchev–Trinajstić information content (AvgIpc) is 2.91. The lowest BCUT2D eigenvalue weighted by molar-refractivity contribution is -0.148. The number of nitrogens with zero attached hydrogens (tertiary/aromatic N) is 2. The molecule has 2 aromatic carbocycles. The molecule has 0 aliphatic carbocycles. The molecule has 0 saturated carbocycles. The van der Waals surface area contributed by atoms with Crippen LogP contribution in [-0.4, -0.2) is 10.7 Å². The first-order valence-electron chi connectivity index (χ1n) is 7.70. The third-order valence-corrected chi connectivity index (χ3v) is 4.17. The smallest absolute Gasteiger partial charge is 0.343 e. The van der Waals surface area contributed by atoms with Crippen LogP contribution in [0.1, 0.15) is 28.3 Å². The Morgan fingerprint density at radius 3 is 2.60 bits per heavy atom. The van der Waals surface area contributed by atoms with E-state index in [4.69, 9.17) is 11.0 Å². The predicted molar refractivity (Wildman–Crippen MR) is 89.9 cm³/mol. The summed E-state index contributed by atoms with van der Waals surface area (Å²) >= 11 is 0. The van der Waals surface area contributed by atoms with E-state index in [1.54, 1.807) is 10.6 Å². The van der Waals surface area contributed by atoms with Gasteiger partial charge in [0, 0.05) is 29.2 Å². The van der Waals surface area contributed by atoms with E-state index in [2.05, 4.69) is 0 Å². The van der Waals surface area contributed by atoms with Gasteiger partial charge in [-0.15, -0.1) is 0 Å². The molecule has 1 aromatic heterocycles. The molecule has 1 heterocycles. The average molecular weight is 343 g/mol. The topological polar surface area (TPSA) is 54.7 Å². The van der Waals surface area contributed by atoms with E-state index in [1.807, 2.05) is 37.3 Å². The Bertz CT molecular complexity index is 964. The van der Waals surface area contributed by atoms with Crippen LogP contribution in [0.4, 0.5) is 13.2 Å². The van der Waals surface area contributed by atoms with E-state index >= 15 is 0 Å². The van der Waals surface area contributed by atoms with E-state index < -0.39 is 12.2 Å². The Morgan fingerprint density at radius 2 is 1.96 bits per heavy atom. The molecule has 3 aromatic rings. The predicted octanol–water partition coefficient (Wildman–Crippen LogP) is 4.43. The zero-order valence-corrected chi connectivity index (χ0v) is 13.5. The summed E-state index contributed by atoms with van der Waals surface area (Å²) in [6.07, 6.45) is -3.09. The molecule has 0 aliphatic rings. The molecule has 0 radical (unpaired) electrons. The van der Waals surface area contributed by atoms with E-state index in [1.165, 1.54) is 18.3 Å². The molecular formula is C19H16F3N3. The van der Waals surface area contributed by atoms with E-state index in [0.717, 1.165) is 11.1 Å². The molecule has 1 unspecified atom stereocenters. The molecule has 3 nitrogen and oxygen atoms in total. The largest absolute Gasteiger partial charge is 0.407 e. The minimum absolute atomic E-state index is 0.0136. The van der Waals surface area contributed by atoms with Crippen molar-refractivity contribution in [2.45, 2.75) is 25.7 Å². The van der Waals surface area contributed by atoms with Crippen molar-refractivity contribution < 1.29 is 13.2 Å². The third kappa shape index (κ3) is 3.37. The normalized spacial score (nSPS) is 13.0. The lowest BCUT2D eigenvalue weighted by atomic mass is 10.1. The molecule has 1 atom stereocenters. The number of nitriles is 1. The first kappa shape index (κ1) is 17.1. The Hall–Kier alpha value is -2.78. The number of hydrogen-bond donors (Lipinski definition) is 1. The van der Waals surface area contributed by atoms with Crippen molar-refractivity contribution in [3.63, 3.8) is 0 Å². The summed E-state index contributed by atoms with van der Waals surface area (Å²) in [5.41, 5.74) is 8.44. The molecular weight excluding hydrogens is 327 g/mol. The highest BCUT2D eigenvalue weighted by molar-refractivity contribution is 5.86. The van der Waals surface area contributed by atoms with Crippen molar-refractivity contribution in [1.82, 2.24) is 4.57 Å². The lowest BCUT2D eigenvalue weighted by Crippen LogP contribution is -2.28. The van der Waals surface area contributed by atoms with Crippen LogP contribution in [0, 0.1) is 18.3 Å². The highest BCUT2D eigenvalue weighted by Gasteiger charge is 2.39. The first-order chi connectivity index (χ1) is 11.8.